The lowest BCUT2D eigenvalue weighted by molar-refractivity contribution is -0.133. The lowest BCUT2D eigenvalue weighted by Crippen LogP contribution is -2.10. The fourth-order valence-corrected chi connectivity index (χ4v) is 2.76. The topological polar surface area (TPSA) is 85.8 Å². The minimum Gasteiger partial charge on any atom is -0.481 e. The summed E-state index contributed by atoms with van der Waals surface area (Å²) in [5.41, 5.74) is 1.13. The van der Waals surface area contributed by atoms with Gasteiger partial charge in [0.25, 0.3) is 0 Å². The van der Waals surface area contributed by atoms with E-state index in [0.29, 0.717) is 5.16 Å². The van der Waals surface area contributed by atoms with E-state index in [1.807, 2.05) is 22.4 Å². The van der Waals surface area contributed by atoms with Crippen molar-refractivity contribution in [1.29, 1.82) is 0 Å². The van der Waals surface area contributed by atoms with Gasteiger partial charge in [-0.1, -0.05) is 18.7 Å². The highest BCUT2D eigenvalue weighted by molar-refractivity contribution is 7.99. The van der Waals surface area contributed by atoms with Crippen LogP contribution >= 0.6 is 11.8 Å². The molecule has 0 radical (unpaired) electrons. The Morgan fingerprint density at radius 3 is 2.81 bits per heavy atom. The average molecular weight is 309 g/mol. The third-order valence-corrected chi connectivity index (χ3v) is 4.06. The van der Waals surface area contributed by atoms with Gasteiger partial charge in [0.05, 0.1) is 5.75 Å². The maximum absolute atomic E-state index is 10.7. The molecule has 2 aromatic heterocycles. The summed E-state index contributed by atoms with van der Waals surface area (Å²) in [5, 5.41) is 21.9. The summed E-state index contributed by atoms with van der Waals surface area (Å²) in [5.74, 6) is 0.0569. The fourth-order valence-electron chi connectivity index (χ4n) is 2.06. The van der Waals surface area contributed by atoms with Gasteiger partial charge in [-0.05, 0) is 12.5 Å². The molecular formula is C13H19N5O2S. The standard InChI is InChI=1S/C13H19N5O2S/c1-3-4-11-15-16-13(21-9-12(19)20)18(11)8-6-10-5-7-14-17(10)2/h5,7H,3-4,6,8-9H2,1-2H3,(H,19,20). The van der Waals surface area contributed by atoms with Crippen LogP contribution in [-0.4, -0.2) is 41.4 Å². The smallest absolute Gasteiger partial charge is 0.313 e. The number of carboxylic acids is 1. The van der Waals surface area contributed by atoms with Gasteiger partial charge in [-0.15, -0.1) is 10.2 Å². The van der Waals surface area contributed by atoms with E-state index < -0.39 is 5.97 Å². The summed E-state index contributed by atoms with van der Waals surface area (Å²) in [7, 11) is 1.91. The first kappa shape index (κ1) is 15.6. The van der Waals surface area contributed by atoms with Crippen molar-refractivity contribution in [2.45, 2.75) is 37.9 Å². The monoisotopic (exact) mass is 309 g/mol. The fraction of sp³-hybridized carbons (Fsp3) is 0.538. The van der Waals surface area contributed by atoms with Gasteiger partial charge in [0.15, 0.2) is 5.16 Å². The number of aryl methyl sites for hydroxylation is 3. The SMILES string of the molecule is CCCc1nnc(SCC(=O)O)n1CCc1ccnn1C. The molecule has 2 aromatic rings. The Hall–Kier alpha value is -1.83. The molecule has 0 saturated heterocycles. The van der Waals surface area contributed by atoms with Crippen LogP contribution in [0.1, 0.15) is 24.9 Å². The number of nitrogens with zero attached hydrogens (tertiary/aromatic N) is 5. The largest absolute Gasteiger partial charge is 0.481 e. The zero-order valence-electron chi connectivity index (χ0n) is 12.2. The second kappa shape index (κ2) is 7.26. The summed E-state index contributed by atoms with van der Waals surface area (Å²) in [6.07, 6.45) is 4.40. The van der Waals surface area contributed by atoms with Crippen molar-refractivity contribution in [2.75, 3.05) is 5.75 Å². The molecule has 0 atom stereocenters. The Morgan fingerprint density at radius 1 is 1.38 bits per heavy atom. The van der Waals surface area contributed by atoms with E-state index in [4.69, 9.17) is 5.11 Å². The summed E-state index contributed by atoms with van der Waals surface area (Å²) < 4.78 is 3.86. The van der Waals surface area contributed by atoms with Crippen molar-refractivity contribution in [3.8, 4) is 0 Å². The lowest BCUT2D eigenvalue weighted by atomic mass is 10.3. The van der Waals surface area contributed by atoms with Gasteiger partial charge >= 0.3 is 5.97 Å². The average Bonchev–Trinajstić information content (AvgIpc) is 3.01. The highest BCUT2D eigenvalue weighted by Crippen LogP contribution is 2.18. The Morgan fingerprint density at radius 2 is 2.19 bits per heavy atom. The van der Waals surface area contributed by atoms with Crippen LogP contribution in [0.4, 0.5) is 0 Å². The van der Waals surface area contributed by atoms with Crippen LogP contribution in [0.15, 0.2) is 17.4 Å². The number of rotatable bonds is 8. The Kier molecular flexibility index (Phi) is 5.38. The normalized spacial score (nSPS) is 11.0. The van der Waals surface area contributed by atoms with Crippen LogP contribution in [0.5, 0.6) is 0 Å². The molecule has 0 amide bonds. The van der Waals surface area contributed by atoms with Crippen molar-refractivity contribution in [3.63, 3.8) is 0 Å². The van der Waals surface area contributed by atoms with Gasteiger partial charge < -0.3 is 9.67 Å². The van der Waals surface area contributed by atoms with Crippen molar-refractivity contribution in [1.82, 2.24) is 24.5 Å². The van der Waals surface area contributed by atoms with Gasteiger partial charge in [0.2, 0.25) is 0 Å². The molecule has 1 N–H and O–H groups in total. The van der Waals surface area contributed by atoms with Crippen molar-refractivity contribution in [3.05, 3.63) is 23.8 Å². The van der Waals surface area contributed by atoms with Crippen molar-refractivity contribution in [2.24, 2.45) is 7.05 Å². The molecule has 0 aliphatic rings. The van der Waals surface area contributed by atoms with Gasteiger partial charge in [0, 0.05) is 38.3 Å². The maximum Gasteiger partial charge on any atom is 0.313 e. The number of carboxylic acid groups (broad SMARTS) is 1. The minimum atomic E-state index is -0.849. The van der Waals surface area contributed by atoms with Crippen LogP contribution in [0.2, 0.25) is 0 Å². The molecule has 7 nitrogen and oxygen atoms in total. The summed E-state index contributed by atoms with van der Waals surface area (Å²) >= 11 is 1.21. The van der Waals surface area contributed by atoms with Gasteiger partial charge in [-0.2, -0.15) is 5.10 Å². The van der Waals surface area contributed by atoms with E-state index in [0.717, 1.165) is 37.3 Å². The predicted octanol–water partition coefficient (Wildman–Crippen LogP) is 1.38. The van der Waals surface area contributed by atoms with Crippen LogP contribution in [-0.2, 0) is 31.2 Å². The van der Waals surface area contributed by atoms with E-state index in [1.165, 1.54) is 11.8 Å². The van der Waals surface area contributed by atoms with Crippen LogP contribution < -0.4 is 0 Å². The first-order chi connectivity index (χ1) is 10.1. The maximum atomic E-state index is 10.7. The molecule has 2 rings (SSSR count). The van der Waals surface area contributed by atoms with Gasteiger partial charge in [-0.25, -0.2) is 0 Å². The summed E-state index contributed by atoms with van der Waals surface area (Å²) in [6.45, 7) is 2.81. The van der Waals surface area contributed by atoms with Gasteiger partial charge in [0.1, 0.15) is 5.82 Å². The quantitative estimate of drug-likeness (QED) is 0.742. The number of hydrogen-bond acceptors (Lipinski definition) is 5. The van der Waals surface area contributed by atoms with E-state index in [9.17, 15) is 4.79 Å². The number of thioether (sulfide) groups is 1. The molecule has 0 saturated carbocycles. The Labute approximate surface area is 127 Å². The van der Waals surface area contributed by atoms with Crippen molar-refractivity contribution < 1.29 is 9.90 Å². The molecule has 114 valence electrons. The molecule has 0 spiro atoms. The van der Waals surface area contributed by atoms with Crippen LogP contribution in [0, 0.1) is 0 Å². The Balaban J connectivity index is 2.11. The first-order valence-corrected chi connectivity index (χ1v) is 7.84. The molecule has 0 bridgehead atoms. The molecule has 8 heteroatoms. The number of carbonyl (C=O) groups is 1. The Bertz CT molecular complexity index is 607. The molecule has 0 aliphatic carbocycles. The third-order valence-electron chi connectivity index (χ3n) is 3.11. The van der Waals surface area contributed by atoms with Crippen LogP contribution in [0.25, 0.3) is 0 Å². The molecule has 2 heterocycles. The molecule has 0 aromatic carbocycles. The summed E-state index contributed by atoms with van der Waals surface area (Å²) in [4.78, 5) is 10.7. The van der Waals surface area contributed by atoms with Crippen LogP contribution in [0.3, 0.4) is 0 Å². The minimum absolute atomic E-state index is 0.00400. The van der Waals surface area contributed by atoms with E-state index in [-0.39, 0.29) is 5.75 Å². The molecule has 0 unspecified atom stereocenters. The van der Waals surface area contributed by atoms with Gasteiger partial charge in [-0.3, -0.25) is 9.48 Å². The third kappa shape index (κ3) is 4.07. The zero-order valence-corrected chi connectivity index (χ0v) is 13.0. The number of hydrogen-bond donors (Lipinski definition) is 1. The van der Waals surface area contributed by atoms with Crippen molar-refractivity contribution >= 4 is 17.7 Å². The van der Waals surface area contributed by atoms with E-state index in [2.05, 4.69) is 22.2 Å². The van der Waals surface area contributed by atoms with E-state index in [1.54, 1.807) is 6.20 Å². The predicted molar refractivity (Wildman–Crippen MR) is 79.3 cm³/mol. The number of aromatic nitrogens is 5. The lowest BCUT2D eigenvalue weighted by Gasteiger charge is -2.09. The first-order valence-electron chi connectivity index (χ1n) is 6.85. The zero-order chi connectivity index (χ0) is 15.2. The summed E-state index contributed by atoms with van der Waals surface area (Å²) in [6, 6.07) is 1.98. The second-order valence-corrected chi connectivity index (χ2v) is 5.62. The molecule has 0 aliphatic heterocycles. The molecular weight excluding hydrogens is 290 g/mol. The highest BCUT2D eigenvalue weighted by Gasteiger charge is 2.14. The van der Waals surface area contributed by atoms with E-state index >= 15 is 0 Å². The highest BCUT2D eigenvalue weighted by atomic mass is 32.2. The molecule has 21 heavy (non-hydrogen) atoms. The number of aliphatic carboxylic acids is 1. The molecule has 0 fully saturated rings. The second-order valence-electron chi connectivity index (χ2n) is 4.68.